The van der Waals surface area contributed by atoms with Crippen LogP contribution in [0.5, 0.6) is 5.75 Å². The van der Waals surface area contributed by atoms with E-state index in [1.807, 2.05) is 42.6 Å². The SMILES string of the molecule is Clc1ccc(COc2ccc3ccccc3c2CNCc2cccnc2)c(Cl)c1. The zero-order valence-corrected chi connectivity index (χ0v) is 17.3. The molecule has 0 unspecified atom stereocenters. The number of benzene rings is 3. The van der Waals surface area contributed by atoms with E-state index in [-0.39, 0.29) is 0 Å². The second-order valence-electron chi connectivity index (χ2n) is 6.75. The predicted molar refractivity (Wildman–Crippen MR) is 120 cm³/mol. The molecule has 0 bridgehead atoms. The first-order valence-corrected chi connectivity index (χ1v) is 10.1. The van der Waals surface area contributed by atoms with Crippen LogP contribution < -0.4 is 10.1 Å². The molecule has 0 aliphatic rings. The van der Waals surface area contributed by atoms with Gasteiger partial charge in [0.1, 0.15) is 12.4 Å². The van der Waals surface area contributed by atoms with E-state index < -0.39 is 0 Å². The van der Waals surface area contributed by atoms with E-state index in [2.05, 4.69) is 34.6 Å². The summed E-state index contributed by atoms with van der Waals surface area (Å²) in [7, 11) is 0. The van der Waals surface area contributed by atoms with Crippen molar-refractivity contribution in [2.75, 3.05) is 0 Å². The van der Waals surface area contributed by atoms with Crippen molar-refractivity contribution in [2.24, 2.45) is 0 Å². The number of hydrogen-bond donors (Lipinski definition) is 1. The molecule has 4 aromatic rings. The molecule has 146 valence electrons. The third kappa shape index (κ3) is 4.88. The molecule has 0 fully saturated rings. The van der Waals surface area contributed by atoms with Crippen molar-refractivity contribution in [3.8, 4) is 5.75 Å². The van der Waals surface area contributed by atoms with Crippen molar-refractivity contribution in [2.45, 2.75) is 19.7 Å². The van der Waals surface area contributed by atoms with Gasteiger partial charge < -0.3 is 10.1 Å². The van der Waals surface area contributed by atoms with Crippen molar-refractivity contribution in [1.29, 1.82) is 0 Å². The summed E-state index contributed by atoms with van der Waals surface area (Å²) in [6.07, 6.45) is 3.65. The number of aromatic nitrogens is 1. The van der Waals surface area contributed by atoms with E-state index in [4.69, 9.17) is 27.9 Å². The summed E-state index contributed by atoms with van der Waals surface area (Å²) in [6.45, 7) is 1.80. The van der Waals surface area contributed by atoms with Crippen molar-refractivity contribution in [3.63, 3.8) is 0 Å². The lowest BCUT2D eigenvalue weighted by atomic mass is 10.0. The topological polar surface area (TPSA) is 34.1 Å². The van der Waals surface area contributed by atoms with Crippen LogP contribution in [0, 0.1) is 0 Å². The van der Waals surface area contributed by atoms with E-state index in [1.165, 1.54) is 10.8 Å². The van der Waals surface area contributed by atoms with Crippen LogP contribution in [0.15, 0.2) is 79.1 Å². The number of hydrogen-bond acceptors (Lipinski definition) is 3. The largest absolute Gasteiger partial charge is 0.488 e. The summed E-state index contributed by atoms with van der Waals surface area (Å²) in [5.74, 6) is 0.841. The summed E-state index contributed by atoms with van der Waals surface area (Å²) < 4.78 is 6.17. The van der Waals surface area contributed by atoms with Crippen LogP contribution in [0.2, 0.25) is 10.0 Å². The molecule has 0 aliphatic carbocycles. The summed E-state index contributed by atoms with van der Waals surface area (Å²) in [5, 5.41) is 7.08. The van der Waals surface area contributed by atoms with E-state index in [1.54, 1.807) is 12.3 Å². The van der Waals surface area contributed by atoms with Crippen molar-refractivity contribution >= 4 is 34.0 Å². The molecule has 1 heterocycles. The highest BCUT2D eigenvalue weighted by Crippen LogP contribution is 2.30. The normalized spacial score (nSPS) is 11.0. The summed E-state index contributed by atoms with van der Waals surface area (Å²) >= 11 is 12.3. The van der Waals surface area contributed by atoms with Gasteiger partial charge >= 0.3 is 0 Å². The molecule has 0 saturated carbocycles. The average molecular weight is 423 g/mol. The fourth-order valence-electron chi connectivity index (χ4n) is 3.26. The molecule has 0 radical (unpaired) electrons. The third-order valence-electron chi connectivity index (χ3n) is 4.75. The maximum Gasteiger partial charge on any atom is 0.124 e. The van der Waals surface area contributed by atoms with Crippen LogP contribution in [0.1, 0.15) is 16.7 Å². The predicted octanol–water partition coefficient (Wildman–Crippen LogP) is 6.41. The fourth-order valence-corrected chi connectivity index (χ4v) is 3.73. The number of nitrogens with one attached hydrogen (secondary N) is 1. The molecule has 0 atom stereocenters. The monoisotopic (exact) mass is 422 g/mol. The minimum Gasteiger partial charge on any atom is -0.488 e. The first-order chi connectivity index (χ1) is 14.2. The van der Waals surface area contributed by atoms with Crippen molar-refractivity contribution in [3.05, 3.63) is 106 Å². The highest BCUT2D eigenvalue weighted by molar-refractivity contribution is 6.35. The van der Waals surface area contributed by atoms with Crippen LogP contribution in [-0.2, 0) is 19.7 Å². The molecule has 29 heavy (non-hydrogen) atoms. The molecule has 5 heteroatoms. The minimum absolute atomic E-state index is 0.379. The van der Waals surface area contributed by atoms with Gasteiger partial charge in [0.25, 0.3) is 0 Å². The second-order valence-corrected chi connectivity index (χ2v) is 7.60. The molecule has 3 aromatic carbocycles. The quantitative estimate of drug-likeness (QED) is 0.373. The Morgan fingerprint density at radius 1 is 0.897 bits per heavy atom. The van der Waals surface area contributed by atoms with Gasteiger partial charge in [-0.3, -0.25) is 4.98 Å². The number of fused-ring (bicyclic) bond motifs is 1. The highest BCUT2D eigenvalue weighted by atomic mass is 35.5. The molecule has 0 aliphatic heterocycles. The zero-order chi connectivity index (χ0) is 20.1. The van der Waals surface area contributed by atoms with Crippen molar-refractivity contribution in [1.82, 2.24) is 10.3 Å². The van der Waals surface area contributed by atoms with Crippen LogP contribution in [0.25, 0.3) is 10.8 Å². The maximum absolute atomic E-state index is 6.30. The number of nitrogens with zero attached hydrogens (tertiary/aromatic N) is 1. The van der Waals surface area contributed by atoms with Crippen LogP contribution in [-0.4, -0.2) is 4.98 Å². The lowest BCUT2D eigenvalue weighted by Gasteiger charge is -2.16. The number of ether oxygens (including phenoxy) is 1. The van der Waals surface area contributed by atoms with E-state index in [0.29, 0.717) is 23.2 Å². The lowest BCUT2D eigenvalue weighted by molar-refractivity contribution is 0.303. The molecule has 4 rings (SSSR count). The number of rotatable bonds is 7. The lowest BCUT2D eigenvalue weighted by Crippen LogP contribution is -2.14. The van der Waals surface area contributed by atoms with Crippen LogP contribution >= 0.6 is 23.2 Å². The van der Waals surface area contributed by atoms with E-state index in [0.717, 1.165) is 29.0 Å². The van der Waals surface area contributed by atoms with E-state index in [9.17, 15) is 0 Å². The van der Waals surface area contributed by atoms with Crippen LogP contribution in [0.3, 0.4) is 0 Å². The van der Waals surface area contributed by atoms with Gasteiger partial charge in [-0.2, -0.15) is 0 Å². The maximum atomic E-state index is 6.30. The minimum atomic E-state index is 0.379. The molecule has 0 saturated heterocycles. The standard InChI is InChI=1S/C24H20Cl2N2O/c25-20-9-7-19(23(26)12-20)16-29-24-10-8-18-5-1-2-6-21(18)22(24)15-28-14-17-4-3-11-27-13-17/h1-13,28H,14-16H2. The van der Waals surface area contributed by atoms with Gasteiger partial charge in [-0.1, -0.05) is 65.7 Å². The first kappa shape index (κ1) is 19.7. The molecule has 0 amide bonds. The summed E-state index contributed by atoms with van der Waals surface area (Å²) in [5.41, 5.74) is 3.17. The summed E-state index contributed by atoms with van der Waals surface area (Å²) in [4.78, 5) is 4.17. The fraction of sp³-hybridized carbons (Fsp3) is 0.125. The van der Waals surface area contributed by atoms with Crippen molar-refractivity contribution < 1.29 is 4.74 Å². The molecule has 0 spiro atoms. The molecular formula is C24H20Cl2N2O. The molecular weight excluding hydrogens is 403 g/mol. The van der Waals surface area contributed by atoms with Gasteiger partial charge in [-0.15, -0.1) is 0 Å². The molecule has 1 aromatic heterocycles. The Morgan fingerprint density at radius 3 is 2.62 bits per heavy atom. The van der Waals surface area contributed by atoms with Gasteiger partial charge in [-0.05, 0) is 40.6 Å². The Morgan fingerprint density at radius 2 is 1.79 bits per heavy atom. The average Bonchev–Trinajstić information content (AvgIpc) is 2.74. The number of halogens is 2. The summed E-state index contributed by atoms with van der Waals surface area (Å²) in [6, 6.07) is 21.9. The Labute approximate surface area is 180 Å². The smallest absolute Gasteiger partial charge is 0.124 e. The highest BCUT2D eigenvalue weighted by Gasteiger charge is 2.10. The van der Waals surface area contributed by atoms with Gasteiger partial charge in [0.05, 0.1) is 0 Å². The molecule has 3 nitrogen and oxygen atoms in total. The Kier molecular flexibility index (Phi) is 6.30. The second kappa shape index (κ2) is 9.27. The van der Waals surface area contributed by atoms with E-state index >= 15 is 0 Å². The first-order valence-electron chi connectivity index (χ1n) is 9.38. The van der Waals surface area contributed by atoms with Gasteiger partial charge in [0.15, 0.2) is 0 Å². The Hall–Kier alpha value is -2.59. The third-order valence-corrected chi connectivity index (χ3v) is 5.34. The molecule has 1 N–H and O–H groups in total. The Balaban J connectivity index is 1.56. The van der Waals surface area contributed by atoms with Crippen LogP contribution in [0.4, 0.5) is 0 Å². The van der Waals surface area contributed by atoms with Gasteiger partial charge in [0, 0.05) is 46.7 Å². The Bertz CT molecular complexity index is 1120. The van der Waals surface area contributed by atoms with Gasteiger partial charge in [0.2, 0.25) is 0 Å². The van der Waals surface area contributed by atoms with Gasteiger partial charge in [-0.25, -0.2) is 0 Å². The number of pyridine rings is 1. The zero-order valence-electron chi connectivity index (χ0n) is 15.7.